The van der Waals surface area contributed by atoms with Crippen LogP contribution in [0.3, 0.4) is 0 Å². The van der Waals surface area contributed by atoms with Crippen molar-refractivity contribution >= 4 is 0 Å². The lowest BCUT2D eigenvalue weighted by atomic mass is 10.2. The zero-order valence-corrected chi connectivity index (χ0v) is 6.97. The summed E-state index contributed by atoms with van der Waals surface area (Å²) in [7, 11) is 0. The van der Waals surface area contributed by atoms with Gasteiger partial charge in [0.1, 0.15) is 0 Å². The number of unbranched alkanes of at least 4 members (excludes halogenated alkanes) is 2. The molecular weight excluding hydrogens is 136 g/mol. The first kappa shape index (κ1) is 10.2. The molecule has 0 heterocycles. The minimum atomic E-state index is 0.684. The summed E-state index contributed by atoms with van der Waals surface area (Å²) in [5.41, 5.74) is 0. The minimum absolute atomic E-state index is 0.684. The lowest BCUT2D eigenvalue weighted by Gasteiger charge is -1.99. The van der Waals surface area contributed by atoms with E-state index in [0.29, 0.717) is 6.42 Å². The van der Waals surface area contributed by atoms with Crippen molar-refractivity contribution in [3.8, 4) is 6.07 Å². The van der Waals surface area contributed by atoms with E-state index in [0.717, 1.165) is 32.4 Å². The molecule has 0 aliphatic heterocycles. The number of nitriles is 1. The van der Waals surface area contributed by atoms with Gasteiger partial charge in [-0.3, -0.25) is 0 Å². The molecule has 2 heteroatoms. The molecule has 0 radical (unpaired) electrons. The van der Waals surface area contributed by atoms with Crippen molar-refractivity contribution < 1.29 is 0 Å². The van der Waals surface area contributed by atoms with Crippen LogP contribution in [0.5, 0.6) is 0 Å². The SMILES string of the molecule is C=CCCNCCCCC#N. The average molecular weight is 152 g/mol. The molecule has 0 aromatic carbocycles. The Labute approximate surface area is 68.9 Å². The van der Waals surface area contributed by atoms with Gasteiger partial charge in [0, 0.05) is 6.42 Å². The average Bonchev–Trinajstić information content (AvgIpc) is 2.03. The number of rotatable bonds is 7. The molecule has 2 nitrogen and oxygen atoms in total. The van der Waals surface area contributed by atoms with Crippen molar-refractivity contribution in [2.75, 3.05) is 13.1 Å². The van der Waals surface area contributed by atoms with Gasteiger partial charge in [-0.1, -0.05) is 6.08 Å². The van der Waals surface area contributed by atoms with E-state index < -0.39 is 0 Å². The zero-order valence-electron chi connectivity index (χ0n) is 6.97. The fourth-order valence-corrected chi connectivity index (χ4v) is 0.783. The maximum absolute atomic E-state index is 8.22. The molecule has 11 heavy (non-hydrogen) atoms. The van der Waals surface area contributed by atoms with Crippen molar-refractivity contribution in [3.05, 3.63) is 12.7 Å². The Bertz CT molecular complexity index is 124. The third kappa shape index (κ3) is 9.19. The van der Waals surface area contributed by atoms with E-state index in [9.17, 15) is 0 Å². The summed E-state index contributed by atoms with van der Waals surface area (Å²) in [5.74, 6) is 0. The van der Waals surface area contributed by atoms with Gasteiger partial charge in [0.15, 0.2) is 0 Å². The van der Waals surface area contributed by atoms with E-state index >= 15 is 0 Å². The van der Waals surface area contributed by atoms with E-state index in [-0.39, 0.29) is 0 Å². The first-order valence-electron chi connectivity index (χ1n) is 4.10. The molecule has 1 N–H and O–H groups in total. The second-order valence-electron chi connectivity index (χ2n) is 2.44. The lowest BCUT2D eigenvalue weighted by Crippen LogP contribution is -2.15. The van der Waals surface area contributed by atoms with Gasteiger partial charge in [-0.25, -0.2) is 0 Å². The Balaban J connectivity index is 2.80. The van der Waals surface area contributed by atoms with Gasteiger partial charge in [-0.2, -0.15) is 5.26 Å². The molecule has 0 unspecified atom stereocenters. The van der Waals surface area contributed by atoms with Crippen LogP contribution >= 0.6 is 0 Å². The number of nitrogens with one attached hydrogen (secondary N) is 1. The third-order valence-electron chi connectivity index (χ3n) is 1.42. The van der Waals surface area contributed by atoms with E-state index in [1.807, 2.05) is 6.08 Å². The first-order valence-corrected chi connectivity index (χ1v) is 4.10. The number of hydrogen-bond acceptors (Lipinski definition) is 2. The summed E-state index contributed by atoms with van der Waals surface area (Å²) in [6, 6.07) is 2.13. The summed E-state index contributed by atoms with van der Waals surface area (Å²) in [6.07, 6.45) is 5.73. The van der Waals surface area contributed by atoms with Gasteiger partial charge >= 0.3 is 0 Å². The summed E-state index contributed by atoms with van der Waals surface area (Å²) in [4.78, 5) is 0. The molecule has 0 saturated heterocycles. The van der Waals surface area contributed by atoms with Gasteiger partial charge in [-0.05, 0) is 32.4 Å². The van der Waals surface area contributed by atoms with Crippen molar-refractivity contribution in [1.29, 1.82) is 5.26 Å². The van der Waals surface area contributed by atoms with Gasteiger partial charge < -0.3 is 5.32 Å². The smallest absolute Gasteiger partial charge is 0.0621 e. The van der Waals surface area contributed by atoms with Crippen LogP contribution in [0.1, 0.15) is 25.7 Å². The summed E-state index contributed by atoms with van der Waals surface area (Å²) < 4.78 is 0. The number of hydrogen-bond donors (Lipinski definition) is 1. The quantitative estimate of drug-likeness (QED) is 0.446. The molecular formula is C9H16N2. The van der Waals surface area contributed by atoms with Crippen molar-refractivity contribution in [3.63, 3.8) is 0 Å². The maximum atomic E-state index is 8.22. The van der Waals surface area contributed by atoms with E-state index in [4.69, 9.17) is 5.26 Å². The predicted octanol–water partition coefficient (Wildman–Crippen LogP) is 1.85. The fraction of sp³-hybridized carbons (Fsp3) is 0.667. The Hall–Kier alpha value is -0.810. The molecule has 0 saturated carbocycles. The predicted molar refractivity (Wildman–Crippen MR) is 47.1 cm³/mol. The Kier molecular flexibility index (Phi) is 8.51. The van der Waals surface area contributed by atoms with Gasteiger partial charge in [0.25, 0.3) is 0 Å². The molecule has 62 valence electrons. The Morgan fingerprint density at radius 1 is 1.36 bits per heavy atom. The van der Waals surface area contributed by atoms with Crippen molar-refractivity contribution in [1.82, 2.24) is 5.32 Å². The van der Waals surface area contributed by atoms with E-state index in [2.05, 4.69) is 18.0 Å². The summed E-state index contributed by atoms with van der Waals surface area (Å²) in [6.45, 7) is 5.66. The normalized spacial score (nSPS) is 9.00. The highest BCUT2D eigenvalue weighted by Crippen LogP contribution is 1.91. The van der Waals surface area contributed by atoms with Gasteiger partial charge in [-0.15, -0.1) is 6.58 Å². The lowest BCUT2D eigenvalue weighted by molar-refractivity contribution is 0.632. The molecule has 0 aliphatic carbocycles. The van der Waals surface area contributed by atoms with E-state index in [1.165, 1.54) is 0 Å². The molecule has 0 rings (SSSR count). The Morgan fingerprint density at radius 2 is 2.18 bits per heavy atom. The zero-order chi connectivity index (χ0) is 8.36. The molecule has 0 aromatic heterocycles. The highest BCUT2D eigenvalue weighted by atomic mass is 14.8. The Morgan fingerprint density at radius 3 is 2.82 bits per heavy atom. The first-order chi connectivity index (χ1) is 5.41. The third-order valence-corrected chi connectivity index (χ3v) is 1.42. The standard InChI is InChI=1S/C9H16N2/c1-2-3-8-11-9-6-4-5-7-10/h2,11H,1,3-6,8-9H2. The monoisotopic (exact) mass is 152 g/mol. The van der Waals surface area contributed by atoms with Crippen molar-refractivity contribution in [2.45, 2.75) is 25.7 Å². The van der Waals surface area contributed by atoms with Crippen LogP contribution in [0.25, 0.3) is 0 Å². The van der Waals surface area contributed by atoms with Crippen molar-refractivity contribution in [2.24, 2.45) is 0 Å². The van der Waals surface area contributed by atoms with Crippen LogP contribution in [0.4, 0.5) is 0 Å². The van der Waals surface area contributed by atoms with Crippen LogP contribution in [0, 0.1) is 11.3 Å². The highest BCUT2D eigenvalue weighted by molar-refractivity contribution is 4.69. The molecule has 0 fully saturated rings. The van der Waals surface area contributed by atoms with Crippen LogP contribution < -0.4 is 5.32 Å². The second kappa shape index (κ2) is 9.19. The minimum Gasteiger partial charge on any atom is -0.316 e. The fourth-order valence-electron chi connectivity index (χ4n) is 0.783. The largest absolute Gasteiger partial charge is 0.316 e. The molecule has 0 atom stereocenters. The molecule has 0 aliphatic rings. The highest BCUT2D eigenvalue weighted by Gasteiger charge is 1.86. The number of nitrogens with zero attached hydrogens (tertiary/aromatic N) is 1. The van der Waals surface area contributed by atoms with Crippen LogP contribution in [0.2, 0.25) is 0 Å². The van der Waals surface area contributed by atoms with Gasteiger partial charge in [0.05, 0.1) is 6.07 Å². The second-order valence-corrected chi connectivity index (χ2v) is 2.44. The molecule has 0 spiro atoms. The molecule has 0 bridgehead atoms. The molecule has 0 amide bonds. The topological polar surface area (TPSA) is 35.8 Å². The van der Waals surface area contributed by atoms with Gasteiger partial charge in [0.2, 0.25) is 0 Å². The van der Waals surface area contributed by atoms with Crippen LogP contribution in [-0.4, -0.2) is 13.1 Å². The summed E-state index contributed by atoms with van der Waals surface area (Å²) in [5, 5.41) is 11.5. The molecule has 0 aromatic rings. The van der Waals surface area contributed by atoms with Crippen LogP contribution in [-0.2, 0) is 0 Å². The summed E-state index contributed by atoms with van der Waals surface area (Å²) >= 11 is 0. The van der Waals surface area contributed by atoms with Crippen LogP contribution in [0.15, 0.2) is 12.7 Å². The maximum Gasteiger partial charge on any atom is 0.0621 e. The van der Waals surface area contributed by atoms with E-state index in [1.54, 1.807) is 0 Å².